The lowest BCUT2D eigenvalue weighted by Crippen LogP contribution is -2.41. The molecule has 1 aliphatic heterocycles. The van der Waals surface area contributed by atoms with E-state index in [1.165, 1.54) is 12.1 Å². The summed E-state index contributed by atoms with van der Waals surface area (Å²) >= 11 is 0. The number of aryl methyl sites for hydroxylation is 1. The maximum atomic E-state index is 13.4. The minimum Gasteiger partial charge on any atom is -0.444 e. The second-order valence-electron chi connectivity index (χ2n) is 8.81. The van der Waals surface area contributed by atoms with Gasteiger partial charge in [0.1, 0.15) is 11.4 Å². The van der Waals surface area contributed by atoms with Crippen LogP contribution in [0.15, 0.2) is 36.5 Å². The van der Waals surface area contributed by atoms with Crippen molar-refractivity contribution in [1.82, 2.24) is 19.5 Å². The first-order chi connectivity index (χ1) is 14.2. The molecule has 7 heteroatoms. The molecule has 3 heterocycles. The second-order valence-corrected chi connectivity index (χ2v) is 8.81. The zero-order valence-electron chi connectivity index (χ0n) is 17.9. The molecule has 0 bridgehead atoms. The zero-order chi connectivity index (χ0) is 21.5. The lowest BCUT2D eigenvalue weighted by atomic mass is 9.93. The molecule has 0 spiro atoms. The van der Waals surface area contributed by atoms with Gasteiger partial charge in [-0.3, -0.25) is 0 Å². The molecule has 0 aliphatic carbocycles. The molecule has 0 radical (unpaired) electrons. The molecule has 0 atom stereocenters. The van der Waals surface area contributed by atoms with Crippen molar-refractivity contribution < 1.29 is 13.9 Å². The highest BCUT2D eigenvalue weighted by atomic mass is 19.1. The number of carbonyl (C=O) groups excluding carboxylic acids is 1. The number of nitrogens with zero attached hydrogens (tertiary/aromatic N) is 4. The van der Waals surface area contributed by atoms with E-state index in [0.717, 1.165) is 41.0 Å². The van der Waals surface area contributed by atoms with Crippen molar-refractivity contribution in [2.45, 2.75) is 52.1 Å². The van der Waals surface area contributed by atoms with Gasteiger partial charge in [0, 0.05) is 36.5 Å². The smallest absolute Gasteiger partial charge is 0.410 e. The van der Waals surface area contributed by atoms with E-state index in [-0.39, 0.29) is 17.8 Å². The molecule has 1 amide bonds. The van der Waals surface area contributed by atoms with Crippen LogP contribution in [0.3, 0.4) is 0 Å². The van der Waals surface area contributed by atoms with Crippen LogP contribution in [0, 0.1) is 12.7 Å². The summed E-state index contributed by atoms with van der Waals surface area (Å²) in [7, 11) is 0. The Hall–Kier alpha value is -2.96. The third-order valence-corrected chi connectivity index (χ3v) is 5.42. The van der Waals surface area contributed by atoms with E-state index < -0.39 is 5.60 Å². The van der Waals surface area contributed by atoms with Gasteiger partial charge in [0.25, 0.3) is 0 Å². The van der Waals surface area contributed by atoms with E-state index in [2.05, 4.69) is 4.98 Å². The Morgan fingerprint density at radius 3 is 2.43 bits per heavy atom. The number of hydrogen-bond acceptors (Lipinski definition) is 4. The Morgan fingerprint density at radius 2 is 1.80 bits per heavy atom. The molecular formula is C23H27FN4O2. The van der Waals surface area contributed by atoms with Crippen molar-refractivity contribution >= 4 is 11.7 Å². The number of rotatable bonds is 2. The third kappa shape index (κ3) is 4.01. The Kier molecular flexibility index (Phi) is 5.22. The fourth-order valence-corrected chi connectivity index (χ4v) is 4.02. The predicted octanol–water partition coefficient (Wildman–Crippen LogP) is 4.96. The van der Waals surface area contributed by atoms with Crippen LogP contribution < -0.4 is 0 Å². The van der Waals surface area contributed by atoms with E-state index in [1.807, 2.05) is 38.3 Å². The number of likely N-dealkylation sites (tertiary alicyclic amines) is 1. The maximum absolute atomic E-state index is 13.4. The normalized spacial score (nSPS) is 15.6. The Labute approximate surface area is 175 Å². The SMILES string of the molecule is Cc1nn2c(C3CCN(C(=O)OC(C)(C)C)CC3)ccnc2c1-c1ccc(F)cc1. The zero-order valence-corrected chi connectivity index (χ0v) is 17.9. The summed E-state index contributed by atoms with van der Waals surface area (Å²) in [5.41, 5.74) is 4.03. The predicted molar refractivity (Wildman–Crippen MR) is 113 cm³/mol. The van der Waals surface area contributed by atoms with Gasteiger partial charge in [-0.05, 0) is 64.3 Å². The van der Waals surface area contributed by atoms with Crippen LogP contribution in [0.4, 0.5) is 9.18 Å². The molecule has 3 aromatic rings. The van der Waals surface area contributed by atoms with Crippen LogP contribution in [-0.4, -0.2) is 44.3 Å². The van der Waals surface area contributed by atoms with E-state index in [9.17, 15) is 9.18 Å². The van der Waals surface area contributed by atoms with Crippen LogP contribution >= 0.6 is 0 Å². The first kappa shape index (κ1) is 20.3. The monoisotopic (exact) mass is 410 g/mol. The molecule has 2 aromatic heterocycles. The van der Waals surface area contributed by atoms with Crippen molar-refractivity contribution in [1.29, 1.82) is 0 Å². The molecule has 4 rings (SSSR count). The second kappa shape index (κ2) is 7.70. The number of piperidine rings is 1. The summed E-state index contributed by atoms with van der Waals surface area (Å²) in [5, 5.41) is 4.74. The molecule has 0 unspecified atom stereocenters. The van der Waals surface area contributed by atoms with E-state index in [0.29, 0.717) is 13.1 Å². The van der Waals surface area contributed by atoms with Crippen molar-refractivity contribution in [3.63, 3.8) is 0 Å². The van der Waals surface area contributed by atoms with Gasteiger partial charge in [-0.1, -0.05) is 12.1 Å². The highest BCUT2D eigenvalue weighted by Gasteiger charge is 2.29. The summed E-state index contributed by atoms with van der Waals surface area (Å²) in [4.78, 5) is 18.7. The number of aromatic nitrogens is 3. The van der Waals surface area contributed by atoms with Crippen molar-refractivity contribution in [3.8, 4) is 11.1 Å². The van der Waals surface area contributed by atoms with Gasteiger partial charge >= 0.3 is 6.09 Å². The molecule has 0 N–H and O–H groups in total. The number of benzene rings is 1. The molecular weight excluding hydrogens is 383 g/mol. The molecule has 30 heavy (non-hydrogen) atoms. The Morgan fingerprint density at radius 1 is 1.13 bits per heavy atom. The van der Waals surface area contributed by atoms with Gasteiger partial charge in [0.05, 0.1) is 5.69 Å². The highest BCUT2D eigenvalue weighted by Crippen LogP contribution is 2.32. The maximum Gasteiger partial charge on any atom is 0.410 e. The number of ether oxygens (including phenoxy) is 1. The van der Waals surface area contributed by atoms with Gasteiger partial charge in [-0.2, -0.15) is 5.10 Å². The van der Waals surface area contributed by atoms with Gasteiger partial charge in [-0.25, -0.2) is 18.7 Å². The number of carbonyl (C=O) groups is 1. The average molecular weight is 410 g/mol. The van der Waals surface area contributed by atoms with Crippen LogP contribution in [-0.2, 0) is 4.74 Å². The Balaban J connectivity index is 1.58. The van der Waals surface area contributed by atoms with E-state index >= 15 is 0 Å². The summed E-state index contributed by atoms with van der Waals surface area (Å²) in [6, 6.07) is 8.42. The van der Waals surface area contributed by atoms with Gasteiger partial charge in [0.2, 0.25) is 0 Å². The minimum atomic E-state index is -0.492. The summed E-state index contributed by atoms with van der Waals surface area (Å²) in [6.45, 7) is 8.88. The molecule has 158 valence electrons. The van der Waals surface area contributed by atoms with E-state index in [4.69, 9.17) is 9.84 Å². The fourth-order valence-electron chi connectivity index (χ4n) is 4.02. The molecule has 1 aliphatic rings. The topological polar surface area (TPSA) is 59.7 Å². The number of amides is 1. The largest absolute Gasteiger partial charge is 0.444 e. The van der Waals surface area contributed by atoms with Gasteiger partial charge < -0.3 is 9.64 Å². The van der Waals surface area contributed by atoms with Gasteiger partial charge in [0.15, 0.2) is 5.65 Å². The van der Waals surface area contributed by atoms with Crippen molar-refractivity contribution in [2.75, 3.05) is 13.1 Å². The molecule has 1 saturated heterocycles. The molecule has 0 saturated carbocycles. The Bertz CT molecular complexity index is 1060. The van der Waals surface area contributed by atoms with Crippen LogP contribution in [0.2, 0.25) is 0 Å². The van der Waals surface area contributed by atoms with E-state index in [1.54, 1.807) is 23.2 Å². The number of fused-ring (bicyclic) bond motifs is 1. The molecule has 1 aromatic carbocycles. The van der Waals surface area contributed by atoms with Crippen LogP contribution in [0.1, 0.15) is 50.9 Å². The standard InChI is InChI=1S/C23H27FN4O2/c1-15-20(17-5-7-18(24)8-6-17)21-25-12-9-19(28(21)26-15)16-10-13-27(14-11-16)22(29)30-23(2,3)4/h5-9,12,16H,10-11,13-14H2,1-4H3. The lowest BCUT2D eigenvalue weighted by molar-refractivity contribution is 0.0203. The quantitative estimate of drug-likeness (QED) is 0.599. The first-order valence-electron chi connectivity index (χ1n) is 10.3. The lowest BCUT2D eigenvalue weighted by Gasteiger charge is -2.33. The summed E-state index contributed by atoms with van der Waals surface area (Å²) in [6.07, 6.45) is 3.22. The average Bonchev–Trinajstić information content (AvgIpc) is 3.03. The van der Waals surface area contributed by atoms with Crippen molar-refractivity contribution in [2.24, 2.45) is 0 Å². The highest BCUT2D eigenvalue weighted by molar-refractivity contribution is 5.79. The fraction of sp³-hybridized carbons (Fsp3) is 0.435. The number of halogens is 1. The number of hydrogen-bond donors (Lipinski definition) is 0. The molecule has 1 fully saturated rings. The van der Waals surface area contributed by atoms with Crippen LogP contribution in [0.5, 0.6) is 0 Å². The van der Waals surface area contributed by atoms with Gasteiger partial charge in [-0.15, -0.1) is 0 Å². The summed E-state index contributed by atoms with van der Waals surface area (Å²) in [5.74, 6) is 0.00725. The minimum absolute atomic E-state index is 0.255. The van der Waals surface area contributed by atoms with Crippen molar-refractivity contribution in [3.05, 3.63) is 53.7 Å². The summed E-state index contributed by atoms with van der Waals surface area (Å²) < 4.78 is 20.8. The first-order valence-corrected chi connectivity index (χ1v) is 10.3. The van der Waals surface area contributed by atoms with Crippen LogP contribution in [0.25, 0.3) is 16.8 Å². The third-order valence-electron chi connectivity index (χ3n) is 5.42. The molecule has 6 nitrogen and oxygen atoms in total.